The van der Waals surface area contributed by atoms with Crippen molar-refractivity contribution in [3.05, 3.63) is 53.2 Å². The number of H-pyrrole nitrogens is 1. The van der Waals surface area contributed by atoms with Gasteiger partial charge in [0, 0.05) is 43.1 Å². The van der Waals surface area contributed by atoms with Gasteiger partial charge in [-0.1, -0.05) is 23.7 Å². The fraction of sp³-hybridized carbons (Fsp3) is 0.421. The van der Waals surface area contributed by atoms with Gasteiger partial charge in [-0.25, -0.2) is 4.98 Å². The van der Waals surface area contributed by atoms with Crippen molar-refractivity contribution in [1.29, 1.82) is 0 Å². The topological polar surface area (TPSA) is 36.9 Å². The number of nitrogens with zero attached hydrogens (tertiary/aromatic N) is 3. The molecule has 1 N–H and O–H groups in total. The maximum Gasteiger partial charge on any atom is 0.0946 e. The van der Waals surface area contributed by atoms with Gasteiger partial charge in [0.05, 0.1) is 16.9 Å². The van der Waals surface area contributed by atoms with Gasteiger partial charge >= 0.3 is 0 Å². The molecule has 1 aliphatic rings. The Kier molecular flexibility index (Phi) is 4.33. The largest absolute Gasteiger partial charge is 0.356 e. The van der Waals surface area contributed by atoms with Crippen LogP contribution in [-0.2, 0) is 13.1 Å². The highest BCUT2D eigenvalue weighted by Gasteiger charge is 2.21. The average Bonchev–Trinajstić information content (AvgIpc) is 3.18. The number of para-hydroxylation sites is 1. The molecular formula is C19H23ClN4. The minimum Gasteiger partial charge on any atom is -0.356 e. The maximum absolute atomic E-state index is 6.33. The Morgan fingerprint density at radius 3 is 3.08 bits per heavy atom. The normalized spacial score (nSPS) is 19.2. The Labute approximate surface area is 147 Å². The summed E-state index contributed by atoms with van der Waals surface area (Å²) in [6.45, 7) is 6.53. The van der Waals surface area contributed by atoms with Crippen molar-refractivity contribution in [3.63, 3.8) is 0 Å². The number of halogens is 1. The van der Waals surface area contributed by atoms with E-state index in [9.17, 15) is 0 Å². The number of benzene rings is 1. The molecule has 0 spiro atoms. The lowest BCUT2D eigenvalue weighted by atomic mass is 9.97. The number of aromatic nitrogens is 3. The zero-order chi connectivity index (χ0) is 16.5. The van der Waals surface area contributed by atoms with Crippen molar-refractivity contribution < 1.29 is 0 Å². The van der Waals surface area contributed by atoms with Gasteiger partial charge in [-0.15, -0.1) is 0 Å². The fourth-order valence-corrected chi connectivity index (χ4v) is 4.11. The third-order valence-corrected chi connectivity index (χ3v) is 5.47. The second kappa shape index (κ2) is 6.61. The van der Waals surface area contributed by atoms with Gasteiger partial charge in [-0.05, 0) is 43.9 Å². The molecule has 1 fully saturated rings. The van der Waals surface area contributed by atoms with Crippen LogP contribution in [0.1, 0.15) is 24.1 Å². The van der Waals surface area contributed by atoms with Gasteiger partial charge in [-0.3, -0.25) is 4.90 Å². The van der Waals surface area contributed by atoms with Crippen LogP contribution < -0.4 is 0 Å². The molecule has 1 aromatic carbocycles. The van der Waals surface area contributed by atoms with E-state index in [1.807, 2.05) is 24.7 Å². The Bertz CT molecular complexity index is 821. The highest BCUT2D eigenvalue weighted by Crippen LogP contribution is 2.29. The number of likely N-dealkylation sites (tertiary alicyclic amines) is 1. The van der Waals surface area contributed by atoms with E-state index in [1.54, 1.807) is 0 Å². The highest BCUT2D eigenvalue weighted by atomic mass is 35.5. The summed E-state index contributed by atoms with van der Waals surface area (Å²) < 4.78 is 2.20. The molecular weight excluding hydrogens is 320 g/mol. The molecule has 2 aromatic heterocycles. The van der Waals surface area contributed by atoms with Crippen molar-refractivity contribution in [1.82, 2.24) is 19.4 Å². The van der Waals surface area contributed by atoms with Crippen molar-refractivity contribution in [3.8, 4) is 0 Å². The Morgan fingerprint density at radius 1 is 1.38 bits per heavy atom. The molecule has 1 atom stereocenters. The molecule has 0 aliphatic carbocycles. The first kappa shape index (κ1) is 15.7. The van der Waals surface area contributed by atoms with E-state index in [0.717, 1.165) is 30.2 Å². The second-order valence-corrected chi connectivity index (χ2v) is 7.30. The predicted octanol–water partition coefficient (Wildman–Crippen LogP) is 4.24. The number of imidazole rings is 1. The SMILES string of the molecule is Cc1c(CN2CCC[C@@H](Cn3ccnc3)C2)[nH]c2c(Cl)cccc12. The van der Waals surface area contributed by atoms with E-state index in [-0.39, 0.29) is 0 Å². The summed E-state index contributed by atoms with van der Waals surface area (Å²) in [5, 5.41) is 2.04. The summed E-state index contributed by atoms with van der Waals surface area (Å²) in [6, 6.07) is 6.12. The lowest BCUT2D eigenvalue weighted by molar-refractivity contribution is 0.154. The number of aryl methyl sites for hydroxylation is 1. The van der Waals surface area contributed by atoms with E-state index in [2.05, 4.69) is 38.6 Å². The third kappa shape index (κ3) is 3.08. The molecule has 3 aromatic rings. The molecule has 4 rings (SSSR count). The van der Waals surface area contributed by atoms with Gasteiger partial charge < -0.3 is 9.55 Å². The van der Waals surface area contributed by atoms with Crippen LogP contribution in [0.2, 0.25) is 5.02 Å². The molecule has 0 amide bonds. The molecule has 0 saturated carbocycles. The van der Waals surface area contributed by atoms with E-state index in [1.165, 1.54) is 36.0 Å². The van der Waals surface area contributed by atoms with Crippen LogP contribution in [0.4, 0.5) is 0 Å². The quantitative estimate of drug-likeness (QED) is 0.770. The number of nitrogens with one attached hydrogen (secondary N) is 1. The molecule has 4 nitrogen and oxygen atoms in total. The highest BCUT2D eigenvalue weighted by molar-refractivity contribution is 6.35. The Balaban J connectivity index is 1.48. The minimum atomic E-state index is 0.696. The third-order valence-electron chi connectivity index (χ3n) is 5.16. The first-order valence-electron chi connectivity index (χ1n) is 8.64. The molecule has 1 aliphatic heterocycles. The summed E-state index contributed by atoms with van der Waals surface area (Å²) in [5.41, 5.74) is 3.68. The van der Waals surface area contributed by atoms with E-state index < -0.39 is 0 Å². The zero-order valence-corrected chi connectivity index (χ0v) is 14.8. The van der Waals surface area contributed by atoms with Crippen molar-refractivity contribution in [2.45, 2.75) is 32.9 Å². The molecule has 0 unspecified atom stereocenters. The van der Waals surface area contributed by atoms with E-state index >= 15 is 0 Å². The van der Waals surface area contributed by atoms with Crippen molar-refractivity contribution >= 4 is 22.5 Å². The number of hydrogen-bond acceptors (Lipinski definition) is 2. The smallest absolute Gasteiger partial charge is 0.0946 e. The number of aromatic amines is 1. The number of hydrogen-bond donors (Lipinski definition) is 1. The van der Waals surface area contributed by atoms with Crippen molar-refractivity contribution in [2.75, 3.05) is 13.1 Å². The van der Waals surface area contributed by atoms with Crippen LogP contribution >= 0.6 is 11.6 Å². The number of fused-ring (bicyclic) bond motifs is 1. The van der Waals surface area contributed by atoms with Gasteiger partial charge in [0.2, 0.25) is 0 Å². The van der Waals surface area contributed by atoms with Gasteiger partial charge in [0.25, 0.3) is 0 Å². The van der Waals surface area contributed by atoms with Crippen LogP contribution in [0, 0.1) is 12.8 Å². The summed E-state index contributed by atoms with van der Waals surface area (Å²) >= 11 is 6.33. The van der Waals surface area contributed by atoms with Crippen LogP contribution in [-0.4, -0.2) is 32.5 Å². The Hall–Kier alpha value is -1.78. The first-order valence-corrected chi connectivity index (χ1v) is 9.02. The second-order valence-electron chi connectivity index (χ2n) is 6.89. The van der Waals surface area contributed by atoms with Crippen LogP contribution in [0.25, 0.3) is 10.9 Å². The minimum absolute atomic E-state index is 0.696. The van der Waals surface area contributed by atoms with E-state index in [4.69, 9.17) is 11.6 Å². The monoisotopic (exact) mass is 342 g/mol. The molecule has 5 heteroatoms. The van der Waals surface area contributed by atoms with Crippen LogP contribution in [0.5, 0.6) is 0 Å². The van der Waals surface area contributed by atoms with E-state index in [0.29, 0.717) is 5.92 Å². The standard InChI is InChI=1S/C19H23ClN4/c1-14-16-5-2-6-17(20)19(16)22-18(14)12-23-8-3-4-15(10-23)11-24-9-7-21-13-24/h2,5-7,9,13,15,22H,3-4,8,10-12H2,1H3/t15-/m1/s1. The summed E-state index contributed by atoms with van der Waals surface area (Å²) in [5.74, 6) is 0.696. The number of piperidine rings is 1. The van der Waals surface area contributed by atoms with Crippen LogP contribution in [0.3, 0.4) is 0 Å². The van der Waals surface area contributed by atoms with Crippen molar-refractivity contribution in [2.24, 2.45) is 5.92 Å². The first-order chi connectivity index (χ1) is 11.7. The van der Waals surface area contributed by atoms with Crippen LogP contribution in [0.15, 0.2) is 36.9 Å². The number of rotatable bonds is 4. The molecule has 126 valence electrons. The average molecular weight is 343 g/mol. The fourth-order valence-electron chi connectivity index (χ4n) is 3.89. The van der Waals surface area contributed by atoms with Gasteiger partial charge in [0.15, 0.2) is 0 Å². The molecule has 1 saturated heterocycles. The molecule has 3 heterocycles. The predicted molar refractivity (Wildman–Crippen MR) is 98.3 cm³/mol. The zero-order valence-electron chi connectivity index (χ0n) is 14.0. The lowest BCUT2D eigenvalue weighted by Crippen LogP contribution is -2.36. The lowest BCUT2D eigenvalue weighted by Gasteiger charge is -2.32. The molecule has 0 radical (unpaired) electrons. The summed E-state index contributed by atoms with van der Waals surface area (Å²) in [7, 11) is 0. The van der Waals surface area contributed by atoms with Gasteiger partial charge in [-0.2, -0.15) is 0 Å². The molecule has 24 heavy (non-hydrogen) atoms. The van der Waals surface area contributed by atoms with Gasteiger partial charge in [0.1, 0.15) is 0 Å². The maximum atomic E-state index is 6.33. The molecule has 0 bridgehead atoms. The summed E-state index contributed by atoms with van der Waals surface area (Å²) in [4.78, 5) is 10.3. The summed E-state index contributed by atoms with van der Waals surface area (Å²) in [6.07, 6.45) is 8.40. The Morgan fingerprint density at radius 2 is 2.29 bits per heavy atom.